The fraction of sp³-hybridized carbons (Fsp3) is 0.250. The fourth-order valence-electron chi connectivity index (χ4n) is 1.09. The Hall–Kier alpha value is -1.83. The van der Waals surface area contributed by atoms with Gasteiger partial charge in [-0.1, -0.05) is 0 Å². The van der Waals surface area contributed by atoms with Crippen molar-refractivity contribution in [3.63, 3.8) is 0 Å². The normalized spacial score (nSPS) is 11.2. The van der Waals surface area contributed by atoms with Crippen LogP contribution < -0.4 is 16.2 Å². The lowest BCUT2D eigenvalue weighted by molar-refractivity contribution is -0.276. The summed E-state index contributed by atoms with van der Waals surface area (Å²) < 4.78 is 39.6. The molecule has 0 unspecified atom stereocenters. The summed E-state index contributed by atoms with van der Waals surface area (Å²) >= 11 is 0. The highest BCUT2D eigenvalue weighted by atomic mass is 19.4. The molecule has 1 rings (SSSR count). The van der Waals surface area contributed by atoms with Gasteiger partial charge in [0.05, 0.1) is 0 Å². The van der Waals surface area contributed by atoms with E-state index in [1.807, 2.05) is 0 Å². The number of alkyl halides is 3. The van der Waals surface area contributed by atoms with E-state index in [0.717, 1.165) is 6.07 Å². The number of nitrogens with two attached hydrogens (primary N) is 2. The molecular weight excluding hydrogens is 227 g/mol. The van der Waals surface area contributed by atoms with Crippen molar-refractivity contribution >= 4 is 12.1 Å². The second kappa shape index (κ2) is 4.35. The zero-order valence-corrected chi connectivity index (χ0v) is 7.91. The predicted molar refractivity (Wildman–Crippen MR) is 48.6 cm³/mol. The number of nitrogen functional groups attached to an aromatic ring is 1. The first kappa shape index (κ1) is 12.2. The highest BCUT2D eigenvalue weighted by Crippen LogP contribution is 2.27. The molecule has 0 aliphatic heterocycles. The molecule has 1 heterocycles. The molecular formula is C8H8F3N3O2. The number of nitrogens with zero attached hydrogens (tertiary/aromatic N) is 1. The fourth-order valence-corrected chi connectivity index (χ4v) is 1.09. The van der Waals surface area contributed by atoms with E-state index < -0.39 is 12.2 Å². The van der Waals surface area contributed by atoms with Gasteiger partial charge in [-0.15, -0.1) is 13.2 Å². The van der Waals surface area contributed by atoms with Gasteiger partial charge in [0.15, 0.2) is 6.29 Å². The maximum absolute atomic E-state index is 12.0. The van der Waals surface area contributed by atoms with Crippen molar-refractivity contribution in [3.8, 4) is 5.88 Å². The van der Waals surface area contributed by atoms with E-state index in [-0.39, 0.29) is 23.5 Å². The van der Waals surface area contributed by atoms with Gasteiger partial charge in [0.25, 0.3) is 0 Å². The van der Waals surface area contributed by atoms with Crippen molar-refractivity contribution in [2.24, 2.45) is 5.73 Å². The van der Waals surface area contributed by atoms with Crippen molar-refractivity contribution in [2.75, 3.05) is 5.73 Å². The summed E-state index contributed by atoms with van der Waals surface area (Å²) in [4.78, 5) is 13.9. The Morgan fingerprint density at radius 3 is 2.56 bits per heavy atom. The highest BCUT2D eigenvalue weighted by molar-refractivity contribution is 5.79. The molecule has 5 nitrogen and oxygen atoms in total. The van der Waals surface area contributed by atoms with Crippen LogP contribution in [0.2, 0.25) is 0 Å². The Morgan fingerprint density at radius 1 is 1.50 bits per heavy atom. The van der Waals surface area contributed by atoms with Crippen LogP contribution in [-0.4, -0.2) is 17.6 Å². The number of carbonyl (C=O) groups is 1. The Morgan fingerprint density at radius 2 is 2.12 bits per heavy atom. The first-order chi connectivity index (χ1) is 7.37. The van der Waals surface area contributed by atoms with Crippen LogP contribution in [-0.2, 0) is 6.54 Å². The Bertz CT molecular complexity index is 406. The highest BCUT2D eigenvalue weighted by Gasteiger charge is 2.33. The van der Waals surface area contributed by atoms with E-state index in [4.69, 9.17) is 11.5 Å². The van der Waals surface area contributed by atoms with Gasteiger partial charge < -0.3 is 16.2 Å². The molecule has 4 N–H and O–H groups in total. The molecule has 0 saturated carbocycles. The van der Waals surface area contributed by atoms with E-state index in [1.165, 1.54) is 0 Å². The lowest BCUT2D eigenvalue weighted by Crippen LogP contribution is -2.20. The van der Waals surface area contributed by atoms with Crippen molar-refractivity contribution in [3.05, 3.63) is 17.2 Å². The predicted octanol–water partition coefficient (Wildman–Crippen LogP) is 0.834. The Labute approximate surface area is 88.2 Å². The van der Waals surface area contributed by atoms with Crippen LogP contribution in [0.3, 0.4) is 0 Å². The summed E-state index contributed by atoms with van der Waals surface area (Å²) in [7, 11) is 0. The monoisotopic (exact) mass is 235 g/mol. The van der Waals surface area contributed by atoms with Crippen molar-refractivity contribution < 1.29 is 22.7 Å². The lowest BCUT2D eigenvalue weighted by Gasteiger charge is -2.13. The van der Waals surface area contributed by atoms with Gasteiger partial charge in [-0.2, -0.15) is 4.98 Å². The number of aromatic nitrogens is 1. The van der Waals surface area contributed by atoms with Crippen LogP contribution in [0.25, 0.3) is 0 Å². The molecule has 1 aromatic rings. The molecule has 8 heteroatoms. The van der Waals surface area contributed by atoms with Crippen LogP contribution in [0.15, 0.2) is 6.07 Å². The Kier molecular flexibility index (Phi) is 3.33. The number of hydrogen-bond donors (Lipinski definition) is 2. The maximum Gasteiger partial charge on any atom is 0.574 e. The topological polar surface area (TPSA) is 91.2 Å². The molecule has 0 spiro atoms. The molecule has 1 aromatic heterocycles. The molecule has 0 fully saturated rings. The molecule has 16 heavy (non-hydrogen) atoms. The smallest absolute Gasteiger partial charge is 0.387 e. The van der Waals surface area contributed by atoms with E-state index in [0.29, 0.717) is 6.29 Å². The van der Waals surface area contributed by atoms with E-state index in [1.54, 1.807) is 0 Å². The Balaban J connectivity index is 3.25. The van der Waals surface area contributed by atoms with E-state index >= 15 is 0 Å². The number of rotatable bonds is 3. The van der Waals surface area contributed by atoms with Gasteiger partial charge in [-0.3, -0.25) is 4.79 Å². The molecule has 0 amide bonds. The van der Waals surface area contributed by atoms with Crippen LogP contribution in [0.1, 0.15) is 15.9 Å². The first-order valence-corrected chi connectivity index (χ1v) is 4.07. The third-order valence-electron chi connectivity index (χ3n) is 1.68. The lowest BCUT2D eigenvalue weighted by atomic mass is 10.1. The number of aldehydes is 1. The van der Waals surface area contributed by atoms with Gasteiger partial charge in [-0.05, 0) is 6.07 Å². The van der Waals surface area contributed by atoms with Crippen LogP contribution in [0, 0.1) is 0 Å². The standard InChI is InChI=1S/C8H8F3N3O2/c9-8(10,11)16-7-5(2-12)4(3-15)1-6(13)14-7/h1,3H,2,12H2,(H2,13,14). The zero-order valence-electron chi connectivity index (χ0n) is 7.91. The first-order valence-electron chi connectivity index (χ1n) is 4.07. The van der Waals surface area contributed by atoms with Crippen LogP contribution in [0.4, 0.5) is 19.0 Å². The minimum atomic E-state index is -4.91. The van der Waals surface area contributed by atoms with Gasteiger partial charge in [0.2, 0.25) is 5.88 Å². The third kappa shape index (κ3) is 2.83. The largest absolute Gasteiger partial charge is 0.574 e. The molecule has 0 bridgehead atoms. The third-order valence-corrected chi connectivity index (χ3v) is 1.68. The number of hydrogen-bond acceptors (Lipinski definition) is 5. The van der Waals surface area contributed by atoms with Crippen molar-refractivity contribution in [2.45, 2.75) is 12.9 Å². The molecule has 0 saturated heterocycles. The second-order valence-corrected chi connectivity index (χ2v) is 2.79. The summed E-state index contributed by atoms with van der Waals surface area (Å²) in [6.07, 6.45) is -4.58. The minimum Gasteiger partial charge on any atom is -0.387 e. The van der Waals surface area contributed by atoms with E-state index in [9.17, 15) is 18.0 Å². The summed E-state index contributed by atoms with van der Waals surface area (Å²) in [5.74, 6) is -1.05. The zero-order chi connectivity index (χ0) is 12.3. The molecule has 88 valence electrons. The number of halogens is 3. The van der Waals surface area contributed by atoms with Crippen molar-refractivity contribution in [1.29, 1.82) is 0 Å². The summed E-state index contributed by atoms with van der Waals surface area (Å²) in [5.41, 5.74) is 10.2. The molecule has 0 atom stereocenters. The van der Waals surface area contributed by atoms with Gasteiger partial charge in [0, 0.05) is 17.7 Å². The number of ether oxygens (including phenoxy) is 1. The maximum atomic E-state index is 12.0. The second-order valence-electron chi connectivity index (χ2n) is 2.79. The molecule has 0 radical (unpaired) electrons. The minimum absolute atomic E-state index is 0.0748. The quantitative estimate of drug-likeness (QED) is 0.757. The van der Waals surface area contributed by atoms with Crippen LogP contribution >= 0.6 is 0 Å². The van der Waals surface area contributed by atoms with Gasteiger partial charge in [0.1, 0.15) is 5.82 Å². The summed E-state index contributed by atoms with van der Waals surface area (Å²) in [6, 6.07) is 1.12. The summed E-state index contributed by atoms with van der Waals surface area (Å²) in [6.45, 7) is -0.313. The molecule has 0 aliphatic carbocycles. The number of carbonyl (C=O) groups excluding carboxylic acids is 1. The number of anilines is 1. The van der Waals surface area contributed by atoms with Gasteiger partial charge >= 0.3 is 6.36 Å². The average molecular weight is 235 g/mol. The average Bonchev–Trinajstić information content (AvgIpc) is 2.14. The van der Waals surface area contributed by atoms with Gasteiger partial charge in [-0.25, -0.2) is 0 Å². The molecule has 0 aromatic carbocycles. The SMILES string of the molecule is NCc1c(C=O)cc(N)nc1OC(F)(F)F. The van der Waals surface area contributed by atoms with Crippen molar-refractivity contribution in [1.82, 2.24) is 4.98 Å². The number of pyridine rings is 1. The van der Waals surface area contributed by atoms with E-state index in [2.05, 4.69) is 9.72 Å². The van der Waals surface area contributed by atoms with Crippen LogP contribution in [0.5, 0.6) is 5.88 Å². The molecule has 0 aliphatic rings. The summed E-state index contributed by atoms with van der Waals surface area (Å²) in [5, 5.41) is 0.